The van der Waals surface area contributed by atoms with Gasteiger partial charge < -0.3 is 5.32 Å². The van der Waals surface area contributed by atoms with Crippen LogP contribution in [0.3, 0.4) is 0 Å². The van der Waals surface area contributed by atoms with E-state index in [-0.39, 0.29) is 5.91 Å². The molecule has 0 bridgehead atoms. The fraction of sp³-hybridized carbons (Fsp3) is 0.286. The zero-order valence-corrected chi connectivity index (χ0v) is 13.2. The van der Waals surface area contributed by atoms with E-state index in [0.717, 1.165) is 15.9 Å². The molecule has 0 saturated heterocycles. The van der Waals surface area contributed by atoms with Gasteiger partial charge in [0.1, 0.15) is 5.01 Å². The minimum Gasteiger partial charge on any atom is -0.340 e. The van der Waals surface area contributed by atoms with Crippen LogP contribution in [0.5, 0.6) is 0 Å². The van der Waals surface area contributed by atoms with Gasteiger partial charge in [0.25, 0.3) is 5.91 Å². The van der Waals surface area contributed by atoms with Crippen LogP contribution in [0.4, 0.5) is 0 Å². The first-order chi connectivity index (χ1) is 9.07. The van der Waals surface area contributed by atoms with E-state index in [1.807, 2.05) is 37.4 Å². The molecular weight excluding hydrogens is 324 g/mol. The summed E-state index contributed by atoms with van der Waals surface area (Å²) in [5.74, 6) is -0.0907. The highest BCUT2D eigenvalue weighted by molar-refractivity contribution is 9.10. The van der Waals surface area contributed by atoms with Crippen LogP contribution in [-0.4, -0.2) is 10.9 Å². The summed E-state index contributed by atoms with van der Waals surface area (Å²) in [5.41, 5.74) is 0.208. The molecule has 1 aromatic heterocycles. The average molecular weight is 339 g/mol. The molecule has 3 nitrogen and oxygen atoms in total. The molecule has 1 amide bonds. The number of thiazole rings is 1. The van der Waals surface area contributed by atoms with E-state index in [9.17, 15) is 4.79 Å². The molecule has 1 atom stereocenters. The van der Waals surface area contributed by atoms with Crippen molar-refractivity contribution in [3.05, 3.63) is 50.9 Å². The topological polar surface area (TPSA) is 42.0 Å². The Morgan fingerprint density at radius 1 is 1.47 bits per heavy atom. The molecule has 0 aliphatic carbocycles. The van der Waals surface area contributed by atoms with E-state index in [1.54, 1.807) is 23.6 Å². The number of hydrogen-bond donors (Lipinski definition) is 1. The predicted octanol–water partition coefficient (Wildman–Crippen LogP) is 3.96. The third-order valence-corrected chi connectivity index (χ3v) is 4.85. The smallest absolute Gasteiger partial charge is 0.253 e. The maximum absolute atomic E-state index is 12.4. The number of carbonyl (C=O) groups excluding carboxylic acids is 1. The molecule has 0 saturated carbocycles. The van der Waals surface area contributed by atoms with Crippen molar-refractivity contribution in [2.75, 3.05) is 0 Å². The van der Waals surface area contributed by atoms with Crippen LogP contribution in [0.1, 0.15) is 35.6 Å². The summed E-state index contributed by atoms with van der Waals surface area (Å²) in [5, 5.41) is 5.93. The molecule has 0 unspecified atom stereocenters. The Morgan fingerprint density at radius 2 is 2.21 bits per heavy atom. The summed E-state index contributed by atoms with van der Waals surface area (Å²) in [6.07, 6.45) is 2.55. The highest BCUT2D eigenvalue weighted by atomic mass is 79.9. The minimum atomic E-state index is -0.430. The Hall–Kier alpha value is -1.20. The van der Waals surface area contributed by atoms with Gasteiger partial charge in [0.05, 0.1) is 11.1 Å². The third-order valence-electron chi connectivity index (χ3n) is 3.12. The van der Waals surface area contributed by atoms with Crippen molar-refractivity contribution in [3.63, 3.8) is 0 Å². The van der Waals surface area contributed by atoms with Crippen molar-refractivity contribution in [2.45, 2.75) is 25.8 Å². The van der Waals surface area contributed by atoms with Crippen LogP contribution in [0.2, 0.25) is 0 Å². The Balaban J connectivity index is 2.25. The van der Waals surface area contributed by atoms with Gasteiger partial charge in [0.2, 0.25) is 0 Å². The number of hydrogen-bond acceptors (Lipinski definition) is 3. The van der Waals surface area contributed by atoms with Gasteiger partial charge in [-0.1, -0.05) is 19.1 Å². The largest absolute Gasteiger partial charge is 0.340 e. The Kier molecular flexibility index (Phi) is 4.37. The zero-order chi connectivity index (χ0) is 13.9. The molecule has 0 aliphatic heterocycles. The summed E-state index contributed by atoms with van der Waals surface area (Å²) in [6.45, 7) is 4.04. The van der Waals surface area contributed by atoms with Crippen LogP contribution in [0, 0.1) is 0 Å². The molecule has 1 heterocycles. The second-order valence-corrected chi connectivity index (χ2v) is 6.21. The maximum Gasteiger partial charge on any atom is 0.253 e. The Labute approximate surface area is 125 Å². The van der Waals surface area contributed by atoms with Crippen molar-refractivity contribution in [2.24, 2.45) is 0 Å². The number of aromatic nitrogens is 1. The number of amides is 1. The molecule has 0 radical (unpaired) electrons. The molecule has 2 aromatic rings. The van der Waals surface area contributed by atoms with Gasteiger partial charge in [-0.15, -0.1) is 11.3 Å². The SMILES string of the molecule is CC[C@@](C)(NC(=O)c1ccccc1Br)c1nccs1. The number of benzene rings is 1. The van der Waals surface area contributed by atoms with E-state index >= 15 is 0 Å². The van der Waals surface area contributed by atoms with Crippen molar-refractivity contribution in [1.29, 1.82) is 0 Å². The van der Waals surface area contributed by atoms with Crippen LogP contribution in [0.25, 0.3) is 0 Å². The monoisotopic (exact) mass is 338 g/mol. The van der Waals surface area contributed by atoms with Crippen molar-refractivity contribution >= 4 is 33.2 Å². The second-order valence-electron chi connectivity index (χ2n) is 4.46. The maximum atomic E-state index is 12.4. The summed E-state index contributed by atoms with van der Waals surface area (Å²) in [4.78, 5) is 16.7. The molecule has 19 heavy (non-hydrogen) atoms. The number of rotatable bonds is 4. The average Bonchev–Trinajstić information content (AvgIpc) is 2.93. The van der Waals surface area contributed by atoms with Gasteiger partial charge in [-0.2, -0.15) is 0 Å². The zero-order valence-electron chi connectivity index (χ0n) is 10.8. The van der Waals surface area contributed by atoms with Crippen molar-refractivity contribution < 1.29 is 4.79 Å². The molecule has 5 heteroatoms. The molecule has 1 aromatic carbocycles. The molecule has 0 aliphatic rings. The van der Waals surface area contributed by atoms with Crippen LogP contribution >= 0.6 is 27.3 Å². The molecule has 100 valence electrons. The second kappa shape index (κ2) is 5.84. The quantitative estimate of drug-likeness (QED) is 0.916. The van der Waals surface area contributed by atoms with Crippen molar-refractivity contribution in [1.82, 2.24) is 10.3 Å². The van der Waals surface area contributed by atoms with Crippen LogP contribution in [-0.2, 0) is 5.54 Å². The molecule has 0 spiro atoms. The molecular formula is C14H15BrN2OS. The Morgan fingerprint density at radius 3 is 2.79 bits per heavy atom. The van der Waals surface area contributed by atoms with Gasteiger partial charge in [-0.25, -0.2) is 4.98 Å². The van der Waals surface area contributed by atoms with Gasteiger partial charge >= 0.3 is 0 Å². The van der Waals surface area contributed by atoms with Gasteiger partial charge in [-0.3, -0.25) is 4.79 Å². The number of nitrogens with zero attached hydrogens (tertiary/aromatic N) is 1. The standard InChI is InChI=1S/C14H15BrN2OS/c1-3-14(2,13-16-8-9-19-13)17-12(18)10-6-4-5-7-11(10)15/h4-9H,3H2,1-2H3,(H,17,18)/t14-/m1/s1. The first-order valence-electron chi connectivity index (χ1n) is 6.04. The third kappa shape index (κ3) is 3.04. The fourth-order valence-corrected chi connectivity index (χ4v) is 3.04. The number of nitrogens with one attached hydrogen (secondary N) is 1. The summed E-state index contributed by atoms with van der Waals surface area (Å²) in [7, 11) is 0. The lowest BCUT2D eigenvalue weighted by molar-refractivity contribution is 0.0901. The first kappa shape index (κ1) is 14.2. The molecule has 1 N–H and O–H groups in total. The van der Waals surface area contributed by atoms with E-state index < -0.39 is 5.54 Å². The van der Waals surface area contributed by atoms with Gasteiger partial charge in [-0.05, 0) is 41.4 Å². The molecule has 0 fully saturated rings. The Bertz CT molecular complexity index is 571. The lowest BCUT2D eigenvalue weighted by Gasteiger charge is -2.27. The van der Waals surface area contributed by atoms with E-state index in [1.165, 1.54) is 0 Å². The fourth-order valence-electron chi connectivity index (χ4n) is 1.75. The van der Waals surface area contributed by atoms with Crippen LogP contribution < -0.4 is 5.32 Å². The minimum absolute atomic E-state index is 0.0907. The summed E-state index contributed by atoms with van der Waals surface area (Å²) >= 11 is 4.96. The van der Waals surface area contributed by atoms with Gasteiger partial charge in [0, 0.05) is 16.0 Å². The normalized spacial score (nSPS) is 13.8. The number of halogens is 1. The lowest BCUT2D eigenvalue weighted by Crippen LogP contribution is -2.43. The number of carbonyl (C=O) groups is 1. The van der Waals surface area contributed by atoms with E-state index in [2.05, 4.69) is 26.2 Å². The predicted molar refractivity (Wildman–Crippen MR) is 81.4 cm³/mol. The molecule has 2 rings (SSSR count). The van der Waals surface area contributed by atoms with Gasteiger partial charge in [0.15, 0.2) is 0 Å². The van der Waals surface area contributed by atoms with E-state index in [4.69, 9.17) is 0 Å². The highest BCUT2D eigenvalue weighted by Gasteiger charge is 2.29. The highest BCUT2D eigenvalue weighted by Crippen LogP contribution is 2.27. The van der Waals surface area contributed by atoms with E-state index in [0.29, 0.717) is 5.56 Å². The van der Waals surface area contributed by atoms with Crippen molar-refractivity contribution in [3.8, 4) is 0 Å². The first-order valence-corrected chi connectivity index (χ1v) is 7.71. The summed E-state index contributed by atoms with van der Waals surface area (Å²) < 4.78 is 0.796. The van der Waals surface area contributed by atoms with Crippen LogP contribution in [0.15, 0.2) is 40.3 Å². The lowest BCUT2D eigenvalue weighted by atomic mass is 9.99. The summed E-state index contributed by atoms with van der Waals surface area (Å²) in [6, 6.07) is 7.41.